The van der Waals surface area contributed by atoms with Gasteiger partial charge < -0.3 is 14.0 Å². The van der Waals surface area contributed by atoms with Crippen molar-refractivity contribution in [1.29, 1.82) is 0 Å². The second-order valence-corrected chi connectivity index (χ2v) is 7.21. The molecule has 0 aliphatic rings. The van der Waals surface area contributed by atoms with Crippen LogP contribution in [0.3, 0.4) is 0 Å². The number of amides is 1. The molecule has 0 aliphatic carbocycles. The summed E-state index contributed by atoms with van der Waals surface area (Å²) in [6.45, 7) is 3.44. The first-order valence-electron chi connectivity index (χ1n) is 9.28. The molecule has 0 fully saturated rings. The summed E-state index contributed by atoms with van der Waals surface area (Å²) in [5, 5.41) is 10.7. The summed E-state index contributed by atoms with van der Waals surface area (Å²) >= 11 is 1.40. The van der Waals surface area contributed by atoms with Crippen molar-refractivity contribution in [3.05, 3.63) is 69.0 Å². The summed E-state index contributed by atoms with van der Waals surface area (Å²) in [5.41, 5.74) is 1.55. The fourth-order valence-electron chi connectivity index (χ4n) is 2.85. The number of carbonyl (C=O) groups excluding carboxylic acids is 1. The first-order valence-corrected chi connectivity index (χ1v) is 10.1. The SMILES string of the molecule is CCOc1cccc2sc(=NC(=O)/C=C\c3ccc([N+](=O)[O-])cc3)n(CCOC)c12. The molecular weight excluding hydrogens is 406 g/mol. The van der Waals surface area contributed by atoms with E-state index in [0.717, 1.165) is 16.0 Å². The van der Waals surface area contributed by atoms with Gasteiger partial charge in [-0.15, -0.1) is 0 Å². The number of nitrogens with zero attached hydrogens (tertiary/aromatic N) is 3. The summed E-state index contributed by atoms with van der Waals surface area (Å²) in [6.07, 6.45) is 2.92. The molecule has 0 aliphatic heterocycles. The molecule has 0 N–H and O–H groups in total. The van der Waals surface area contributed by atoms with E-state index in [1.165, 1.54) is 29.5 Å². The maximum absolute atomic E-state index is 12.4. The Morgan fingerprint density at radius 2 is 2.03 bits per heavy atom. The number of non-ortho nitro benzene ring substituents is 1. The topological polar surface area (TPSA) is 96.0 Å². The van der Waals surface area contributed by atoms with Crippen LogP contribution in [-0.2, 0) is 16.1 Å². The fourth-order valence-corrected chi connectivity index (χ4v) is 3.93. The molecule has 0 atom stereocenters. The molecule has 8 nitrogen and oxygen atoms in total. The maximum atomic E-state index is 12.4. The number of methoxy groups -OCH3 is 1. The first kappa shape index (κ1) is 21.4. The zero-order valence-electron chi connectivity index (χ0n) is 16.6. The van der Waals surface area contributed by atoms with Gasteiger partial charge in [-0.3, -0.25) is 14.9 Å². The minimum Gasteiger partial charge on any atom is -0.492 e. The van der Waals surface area contributed by atoms with Crippen molar-refractivity contribution >= 4 is 39.2 Å². The van der Waals surface area contributed by atoms with E-state index in [9.17, 15) is 14.9 Å². The van der Waals surface area contributed by atoms with Crippen molar-refractivity contribution in [2.24, 2.45) is 4.99 Å². The van der Waals surface area contributed by atoms with Gasteiger partial charge in [0.2, 0.25) is 0 Å². The Hall–Kier alpha value is -3.30. The lowest BCUT2D eigenvalue weighted by molar-refractivity contribution is -0.384. The minimum atomic E-state index is -0.468. The Labute approximate surface area is 176 Å². The molecule has 0 saturated heterocycles. The first-order chi connectivity index (χ1) is 14.5. The lowest BCUT2D eigenvalue weighted by Gasteiger charge is -2.09. The molecular formula is C21H21N3O5S. The highest BCUT2D eigenvalue weighted by molar-refractivity contribution is 7.16. The zero-order valence-corrected chi connectivity index (χ0v) is 17.4. The molecule has 2 aromatic carbocycles. The Balaban J connectivity index is 1.94. The van der Waals surface area contributed by atoms with Crippen LogP contribution in [0.15, 0.2) is 53.5 Å². The predicted octanol–water partition coefficient (Wildman–Crippen LogP) is 3.80. The monoisotopic (exact) mass is 427 g/mol. The summed E-state index contributed by atoms with van der Waals surface area (Å²) in [7, 11) is 1.62. The number of nitro groups is 1. The van der Waals surface area contributed by atoms with Crippen molar-refractivity contribution in [3.8, 4) is 5.75 Å². The standard InChI is InChI=1S/C21H21N3O5S/c1-3-29-17-5-4-6-18-20(17)23(13-14-28-2)21(30-18)22-19(25)12-9-15-7-10-16(11-8-15)24(26)27/h4-12H,3,13-14H2,1-2H3/b12-9-,22-21?. The number of aromatic nitrogens is 1. The highest BCUT2D eigenvalue weighted by atomic mass is 32.1. The third-order valence-corrected chi connectivity index (χ3v) is 5.25. The van der Waals surface area contributed by atoms with Gasteiger partial charge in [0.25, 0.3) is 11.6 Å². The van der Waals surface area contributed by atoms with E-state index in [1.807, 2.05) is 29.7 Å². The second kappa shape index (κ2) is 9.95. The number of para-hydroxylation sites is 1. The second-order valence-electron chi connectivity index (χ2n) is 6.20. The van der Waals surface area contributed by atoms with Crippen LogP contribution in [0.1, 0.15) is 12.5 Å². The number of ether oxygens (including phenoxy) is 2. The van der Waals surface area contributed by atoms with Crippen LogP contribution in [0.4, 0.5) is 5.69 Å². The van der Waals surface area contributed by atoms with Crippen LogP contribution < -0.4 is 9.54 Å². The van der Waals surface area contributed by atoms with Crippen LogP contribution >= 0.6 is 11.3 Å². The Morgan fingerprint density at radius 3 is 2.70 bits per heavy atom. The lowest BCUT2D eigenvalue weighted by atomic mass is 10.2. The molecule has 0 saturated carbocycles. The van der Waals surface area contributed by atoms with E-state index >= 15 is 0 Å². The lowest BCUT2D eigenvalue weighted by Crippen LogP contribution is -2.19. The molecule has 0 bridgehead atoms. The summed E-state index contributed by atoms with van der Waals surface area (Å²) in [6, 6.07) is 11.7. The molecule has 0 spiro atoms. The number of fused-ring (bicyclic) bond motifs is 1. The van der Waals surface area contributed by atoms with Gasteiger partial charge in [0.05, 0.1) is 22.8 Å². The largest absolute Gasteiger partial charge is 0.492 e. The summed E-state index contributed by atoms with van der Waals surface area (Å²) < 4.78 is 13.8. The molecule has 1 heterocycles. The quantitative estimate of drug-likeness (QED) is 0.310. The molecule has 1 amide bonds. The van der Waals surface area contributed by atoms with Crippen LogP contribution in [0, 0.1) is 10.1 Å². The number of rotatable bonds is 8. The van der Waals surface area contributed by atoms with Gasteiger partial charge in [-0.05, 0) is 42.8 Å². The van der Waals surface area contributed by atoms with Crippen LogP contribution in [-0.4, -0.2) is 35.7 Å². The van der Waals surface area contributed by atoms with Crippen molar-refractivity contribution < 1.29 is 19.2 Å². The number of benzene rings is 2. The van der Waals surface area contributed by atoms with Crippen molar-refractivity contribution in [1.82, 2.24) is 4.57 Å². The molecule has 0 unspecified atom stereocenters. The number of hydrogen-bond acceptors (Lipinski definition) is 6. The van der Waals surface area contributed by atoms with Gasteiger partial charge in [0.15, 0.2) is 4.80 Å². The predicted molar refractivity (Wildman–Crippen MR) is 116 cm³/mol. The fraction of sp³-hybridized carbons (Fsp3) is 0.238. The normalized spacial score (nSPS) is 12.0. The van der Waals surface area contributed by atoms with Gasteiger partial charge in [-0.25, -0.2) is 0 Å². The molecule has 0 radical (unpaired) electrons. The van der Waals surface area contributed by atoms with E-state index in [-0.39, 0.29) is 5.69 Å². The number of nitro benzene ring substituents is 1. The molecule has 30 heavy (non-hydrogen) atoms. The third kappa shape index (κ3) is 5.00. The molecule has 156 valence electrons. The van der Waals surface area contributed by atoms with Crippen molar-refractivity contribution in [3.63, 3.8) is 0 Å². The Kier molecular flexibility index (Phi) is 7.10. The van der Waals surface area contributed by atoms with Crippen molar-refractivity contribution in [2.75, 3.05) is 20.3 Å². The van der Waals surface area contributed by atoms with E-state index in [4.69, 9.17) is 9.47 Å². The molecule has 3 rings (SSSR count). The molecule has 9 heteroatoms. The molecule has 1 aromatic heterocycles. The average molecular weight is 427 g/mol. The number of hydrogen-bond donors (Lipinski definition) is 0. The third-order valence-electron chi connectivity index (χ3n) is 4.21. The van der Waals surface area contributed by atoms with Crippen LogP contribution in [0.5, 0.6) is 5.75 Å². The van der Waals surface area contributed by atoms with Gasteiger partial charge >= 0.3 is 0 Å². The number of carbonyl (C=O) groups is 1. The highest BCUT2D eigenvalue weighted by Crippen LogP contribution is 2.27. The Morgan fingerprint density at radius 1 is 1.27 bits per heavy atom. The van der Waals surface area contributed by atoms with E-state index in [0.29, 0.717) is 30.1 Å². The maximum Gasteiger partial charge on any atom is 0.272 e. The average Bonchev–Trinajstić information content (AvgIpc) is 3.09. The van der Waals surface area contributed by atoms with Crippen molar-refractivity contribution in [2.45, 2.75) is 13.5 Å². The highest BCUT2D eigenvalue weighted by Gasteiger charge is 2.12. The molecule has 3 aromatic rings. The van der Waals surface area contributed by atoms with E-state index in [2.05, 4.69) is 4.99 Å². The number of thiazole rings is 1. The smallest absolute Gasteiger partial charge is 0.272 e. The van der Waals surface area contributed by atoms with Gasteiger partial charge in [-0.1, -0.05) is 17.4 Å². The van der Waals surface area contributed by atoms with Gasteiger partial charge in [0, 0.05) is 31.9 Å². The summed E-state index contributed by atoms with van der Waals surface area (Å²) in [5.74, 6) is 0.307. The van der Waals surface area contributed by atoms with E-state index < -0.39 is 10.8 Å². The van der Waals surface area contributed by atoms with E-state index in [1.54, 1.807) is 25.3 Å². The zero-order chi connectivity index (χ0) is 21.5. The van der Waals surface area contributed by atoms with Gasteiger partial charge in [-0.2, -0.15) is 4.99 Å². The van der Waals surface area contributed by atoms with Crippen LogP contribution in [0.2, 0.25) is 0 Å². The Bertz CT molecular complexity index is 1150. The van der Waals surface area contributed by atoms with Crippen LogP contribution in [0.25, 0.3) is 16.3 Å². The van der Waals surface area contributed by atoms with Gasteiger partial charge in [0.1, 0.15) is 11.3 Å². The summed E-state index contributed by atoms with van der Waals surface area (Å²) in [4.78, 5) is 27.5. The minimum absolute atomic E-state index is 0.00210.